The smallest absolute Gasteiger partial charge is 0.408 e. The maximum absolute atomic E-state index is 11.7. The molecule has 1 aliphatic rings. The first kappa shape index (κ1) is 13.7. The van der Waals surface area contributed by atoms with E-state index in [1.54, 1.807) is 32.9 Å². The third kappa shape index (κ3) is 3.38. The predicted molar refractivity (Wildman–Crippen MR) is 70.1 cm³/mol. The van der Waals surface area contributed by atoms with Crippen molar-refractivity contribution in [3.05, 3.63) is 29.8 Å². The molecule has 5 heteroatoms. The van der Waals surface area contributed by atoms with E-state index in [0.29, 0.717) is 11.3 Å². The molecule has 2 N–H and O–H groups in total. The number of carbonyl (C=O) groups excluding carboxylic acids is 1. The summed E-state index contributed by atoms with van der Waals surface area (Å²) in [6.45, 7) is 5.58. The molecule has 0 fully saturated rings. The highest BCUT2D eigenvalue weighted by molar-refractivity contribution is 5.68. The molecule has 104 valence electrons. The molecule has 1 aromatic rings. The van der Waals surface area contributed by atoms with Crippen LogP contribution in [-0.4, -0.2) is 29.4 Å². The zero-order valence-corrected chi connectivity index (χ0v) is 11.3. The molecule has 0 spiro atoms. The SMILES string of the molecule is CC(C)(C)OC(=O)N[C@H]1COc2ccccc2[C@@H]1O. The first-order chi connectivity index (χ1) is 8.87. The van der Waals surface area contributed by atoms with Crippen LogP contribution in [0.1, 0.15) is 32.4 Å². The maximum atomic E-state index is 11.7. The van der Waals surface area contributed by atoms with Gasteiger partial charge >= 0.3 is 6.09 Å². The van der Waals surface area contributed by atoms with Gasteiger partial charge in [0.15, 0.2) is 0 Å². The number of aliphatic hydroxyl groups is 1. The maximum Gasteiger partial charge on any atom is 0.408 e. The molecule has 1 heterocycles. The van der Waals surface area contributed by atoms with Crippen molar-refractivity contribution >= 4 is 6.09 Å². The number of alkyl carbamates (subject to hydrolysis) is 1. The van der Waals surface area contributed by atoms with Gasteiger partial charge in [-0.3, -0.25) is 0 Å². The Balaban J connectivity index is 2.02. The van der Waals surface area contributed by atoms with E-state index in [0.717, 1.165) is 0 Å². The molecular weight excluding hydrogens is 246 g/mol. The highest BCUT2D eigenvalue weighted by Gasteiger charge is 2.31. The lowest BCUT2D eigenvalue weighted by atomic mass is 9.99. The Morgan fingerprint density at radius 3 is 2.79 bits per heavy atom. The number of rotatable bonds is 1. The van der Waals surface area contributed by atoms with Gasteiger partial charge in [0.1, 0.15) is 24.1 Å². The average Bonchev–Trinajstić information content (AvgIpc) is 2.31. The van der Waals surface area contributed by atoms with Crippen LogP contribution in [0.15, 0.2) is 24.3 Å². The summed E-state index contributed by atoms with van der Waals surface area (Å²) in [4.78, 5) is 11.7. The first-order valence-electron chi connectivity index (χ1n) is 6.26. The van der Waals surface area contributed by atoms with Crippen LogP contribution >= 0.6 is 0 Å². The Kier molecular flexibility index (Phi) is 3.66. The summed E-state index contributed by atoms with van der Waals surface area (Å²) in [5, 5.41) is 12.8. The van der Waals surface area contributed by atoms with Crippen LogP contribution in [0.25, 0.3) is 0 Å². The Hall–Kier alpha value is -1.75. The molecule has 19 heavy (non-hydrogen) atoms. The minimum Gasteiger partial charge on any atom is -0.491 e. The second kappa shape index (κ2) is 5.09. The van der Waals surface area contributed by atoms with E-state index in [9.17, 15) is 9.90 Å². The molecule has 0 saturated heterocycles. The van der Waals surface area contributed by atoms with Gasteiger partial charge in [0.05, 0.1) is 6.04 Å². The van der Waals surface area contributed by atoms with E-state index >= 15 is 0 Å². The van der Waals surface area contributed by atoms with E-state index < -0.39 is 23.8 Å². The molecule has 0 radical (unpaired) electrons. The van der Waals surface area contributed by atoms with Crippen molar-refractivity contribution < 1.29 is 19.4 Å². The van der Waals surface area contributed by atoms with Crippen molar-refractivity contribution in [2.75, 3.05) is 6.61 Å². The van der Waals surface area contributed by atoms with Crippen molar-refractivity contribution in [3.8, 4) is 5.75 Å². The number of hydrogen-bond acceptors (Lipinski definition) is 4. The fourth-order valence-electron chi connectivity index (χ4n) is 1.92. The summed E-state index contributed by atoms with van der Waals surface area (Å²) in [6, 6.07) is 6.73. The van der Waals surface area contributed by atoms with Gasteiger partial charge in [0, 0.05) is 5.56 Å². The van der Waals surface area contributed by atoms with Crippen LogP contribution in [0.5, 0.6) is 5.75 Å². The molecule has 0 aromatic heterocycles. The molecule has 2 rings (SSSR count). The summed E-state index contributed by atoms with van der Waals surface area (Å²) in [6.07, 6.45) is -1.35. The normalized spacial score (nSPS) is 22.1. The monoisotopic (exact) mass is 265 g/mol. The largest absolute Gasteiger partial charge is 0.491 e. The van der Waals surface area contributed by atoms with E-state index in [4.69, 9.17) is 9.47 Å². The Morgan fingerprint density at radius 1 is 1.42 bits per heavy atom. The average molecular weight is 265 g/mol. The third-order valence-corrected chi connectivity index (χ3v) is 2.74. The Bertz CT molecular complexity index is 467. The molecule has 1 amide bonds. The molecule has 5 nitrogen and oxygen atoms in total. The molecule has 0 aliphatic carbocycles. The van der Waals surface area contributed by atoms with Crippen molar-refractivity contribution in [3.63, 3.8) is 0 Å². The van der Waals surface area contributed by atoms with Gasteiger partial charge in [-0.25, -0.2) is 4.79 Å². The van der Waals surface area contributed by atoms with Crippen LogP contribution in [0.4, 0.5) is 4.79 Å². The molecule has 1 aromatic carbocycles. The van der Waals surface area contributed by atoms with Gasteiger partial charge in [-0.2, -0.15) is 0 Å². The summed E-state index contributed by atoms with van der Waals surface area (Å²) >= 11 is 0. The lowest BCUT2D eigenvalue weighted by Gasteiger charge is -2.31. The van der Waals surface area contributed by atoms with Gasteiger partial charge in [-0.1, -0.05) is 18.2 Å². The number of aliphatic hydroxyl groups excluding tert-OH is 1. The van der Waals surface area contributed by atoms with Gasteiger partial charge < -0.3 is 19.9 Å². The van der Waals surface area contributed by atoms with Crippen LogP contribution in [0.2, 0.25) is 0 Å². The number of carbonyl (C=O) groups is 1. The van der Waals surface area contributed by atoms with Gasteiger partial charge in [0.2, 0.25) is 0 Å². The van der Waals surface area contributed by atoms with E-state index in [1.165, 1.54) is 0 Å². The van der Waals surface area contributed by atoms with E-state index in [-0.39, 0.29) is 6.61 Å². The molecule has 0 bridgehead atoms. The summed E-state index contributed by atoms with van der Waals surface area (Å²) in [5.41, 5.74) is 0.109. The standard InChI is InChI=1S/C14H19NO4/c1-14(2,3)19-13(17)15-10-8-18-11-7-5-4-6-9(11)12(10)16/h4-7,10,12,16H,8H2,1-3H3,(H,15,17)/t10-,12-/m0/s1. The van der Waals surface area contributed by atoms with Crippen LogP contribution < -0.4 is 10.1 Å². The highest BCUT2D eigenvalue weighted by Crippen LogP contribution is 2.31. The number of benzene rings is 1. The number of fused-ring (bicyclic) bond motifs is 1. The summed E-state index contributed by atoms with van der Waals surface area (Å²) in [5.74, 6) is 0.650. The number of nitrogens with one attached hydrogen (secondary N) is 1. The van der Waals surface area contributed by atoms with Crippen molar-refractivity contribution in [2.24, 2.45) is 0 Å². The predicted octanol–water partition coefficient (Wildman–Crippen LogP) is 2.01. The van der Waals surface area contributed by atoms with Gasteiger partial charge in [-0.15, -0.1) is 0 Å². The quantitative estimate of drug-likeness (QED) is 0.815. The molecular formula is C14H19NO4. The lowest BCUT2D eigenvalue weighted by molar-refractivity contribution is 0.0310. The second-order valence-electron chi connectivity index (χ2n) is 5.55. The van der Waals surface area contributed by atoms with Crippen molar-refractivity contribution in [1.29, 1.82) is 0 Å². The van der Waals surface area contributed by atoms with Gasteiger partial charge in [0.25, 0.3) is 0 Å². The van der Waals surface area contributed by atoms with Crippen LogP contribution in [-0.2, 0) is 4.74 Å². The zero-order valence-electron chi connectivity index (χ0n) is 11.3. The lowest BCUT2D eigenvalue weighted by Crippen LogP contribution is -2.47. The minimum absolute atomic E-state index is 0.220. The Morgan fingerprint density at radius 2 is 2.11 bits per heavy atom. The minimum atomic E-state index is -0.794. The Labute approximate surface area is 112 Å². The number of para-hydroxylation sites is 1. The third-order valence-electron chi connectivity index (χ3n) is 2.74. The fourth-order valence-corrected chi connectivity index (χ4v) is 1.92. The zero-order chi connectivity index (χ0) is 14.0. The molecule has 0 unspecified atom stereocenters. The van der Waals surface area contributed by atoms with E-state index in [2.05, 4.69) is 5.32 Å². The van der Waals surface area contributed by atoms with Gasteiger partial charge in [-0.05, 0) is 26.8 Å². The number of amides is 1. The first-order valence-corrected chi connectivity index (χ1v) is 6.26. The topological polar surface area (TPSA) is 67.8 Å². The van der Waals surface area contributed by atoms with Crippen molar-refractivity contribution in [2.45, 2.75) is 38.5 Å². The molecule has 0 saturated carbocycles. The molecule has 2 atom stereocenters. The van der Waals surface area contributed by atoms with Crippen LogP contribution in [0, 0.1) is 0 Å². The molecule has 1 aliphatic heterocycles. The fraction of sp³-hybridized carbons (Fsp3) is 0.500. The van der Waals surface area contributed by atoms with Crippen LogP contribution in [0.3, 0.4) is 0 Å². The summed E-state index contributed by atoms with van der Waals surface area (Å²) < 4.78 is 10.7. The highest BCUT2D eigenvalue weighted by atomic mass is 16.6. The number of hydrogen-bond donors (Lipinski definition) is 2. The number of ether oxygens (including phenoxy) is 2. The summed E-state index contributed by atoms with van der Waals surface area (Å²) in [7, 11) is 0. The second-order valence-corrected chi connectivity index (χ2v) is 5.55. The van der Waals surface area contributed by atoms with Crippen molar-refractivity contribution in [1.82, 2.24) is 5.32 Å². The van der Waals surface area contributed by atoms with E-state index in [1.807, 2.05) is 12.1 Å².